The Labute approximate surface area is 181 Å². The Morgan fingerprint density at radius 1 is 0.656 bits per heavy atom. The first kappa shape index (κ1) is 19.7. The molecule has 158 valence electrons. The van der Waals surface area contributed by atoms with E-state index in [2.05, 4.69) is 0 Å². The minimum absolute atomic E-state index is 0.00160. The Balaban J connectivity index is 1.68. The molecule has 0 fully saturated rings. The van der Waals surface area contributed by atoms with Crippen molar-refractivity contribution in [2.75, 3.05) is 0 Å². The van der Waals surface area contributed by atoms with Crippen LogP contribution in [-0.4, -0.2) is 9.13 Å². The van der Waals surface area contributed by atoms with Crippen molar-refractivity contribution in [3.8, 4) is 17.2 Å². The summed E-state index contributed by atoms with van der Waals surface area (Å²) >= 11 is 0. The van der Waals surface area contributed by atoms with E-state index in [0.29, 0.717) is 22.7 Å². The topological polar surface area (TPSA) is 87.4 Å². The molecule has 0 aliphatic heterocycles. The molecule has 0 aliphatic carbocycles. The highest BCUT2D eigenvalue weighted by Gasteiger charge is 2.23. The molecule has 5 rings (SSSR count). The lowest BCUT2D eigenvalue weighted by atomic mass is 10.0. The van der Waals surface area contributed by atoms with Crippen LogP contribution in [0.4, 0.5) is 0 Å². The first-order valence-corrected chi connectivity index (χ1v) is 10.0. The molecule has 5 aromatic rings. The van der Waals surface area contributed by atoms with Crippen LogP contribution in [0.15, 0.2) is 73.8 Å². The summed E-state index contributed by atoms with van der Waals surface area (Å²) in [4.78, 5) is 51.5. The highest BCUT2D eigenvalue weighted by Crippen LogP contribution is 2.24. The lowest BCUT2D eigenvalue weighted by Crippen LogP contribution is -2.24. The smallest absolute Gasteiger partial charge is 0.266 e. The largest absolute Gasteiger partial charge is 0.457 e. The van der Waals surface area contributed by atoms with Crippen molar-refractivity contribution in [3.63, 3.8) is 0 Å². The molecule has 0 saturated carbocycles. The van der Waals surface area contributed by atoms with Gasteiger partial charge in [0, 0.05) is 7.05 Å². The third-order valence-electron chi connectivity index (χ3n) is 5.76. The summed E-state index contributed by atoms with van der Waals surface area (Å²) in [6, 6.07) is 15.6. The lowest BCUT2D eigenvalue weighted by Gasteiger charge is -2.07. The molecular formula is C25H18N2O5. The van der Waals surface area contributed by atoms with Crippen molar-refractivity contribution >= 4 is 21.5 Å². The van der Waals surface area contributed by atoms with E-state index in [1.54, 1.807) is 31.2 Å². The van der Waals surface area contributed by atoms with Gasteiger partial charge in [0.1, 0.15) is 11.5 Å². The number of benzene rings is 3. The van der Waals surface area contributed by atoms with Gasteiger partial charge in [-0.3, -0.25) is 23.7 Å². The maximum absolute atomic E-state index is 13.3. The number of ether oxygens (including phenoxy) is 1. The summed E-state index contributed by atoms with van der Waals surface area (Å²) < 4.78 is 7.80. The average Bonchev–Trinajstić information content (AvgIpc) is 3.16. The van der Waals surface area contributed by atoms with Crippen LogP contribution in [0.2, 0.25) is 0 Å². The van der Waals surface area contributed by atoms with E-state index in [-0.39, 0.29) is 21.5 Å². The minimum atomic E-state index is -0.617. The minimum Gasteiger partial charge on any atom is -0.457 e. The Bertz CT molecular complexity index is 1730. The van der Waals surface area contributed by atoms with Crippen molar-refractivity contribution in [2.24, 2.45) is 7.05 Å². The predicted octanol–water partition coefficient (Wildman–Crippen LogP) is 2.85. The van der Waals surface area contributed by atoms with E-state index in [4.69, 9.17) is 4.74 Å². The van der Waals surface area contributed by atoms with Gasteiger partial charge < -0.3 is 4.74 Å². The Morgan fingerprint density at radius 3 is 1.84 bits per heavy atom. The van der Waals surface area contributed by atoms with Crippen LogP contribution >= 0.6 is 0 Å². The molecule has 0 spiro atoms. The molecule has 0 aliphatic rings. The van der Waals surface area contributed by atoms with Gasteiger partial charge in [-0.15, -0.1) is 0 Å². The highest BCUT2D eigenvalue weighted by atomic mass is 16.5. The molecule has 0 bridgehead atoms. The molecular weight excluding hydrogens is 408 g/mol. The predicted molar refractivity (Wildman–Crippen MR) is 123 cm³/mol. The fourth-order valence-corrected chi connectivity index (χ4v) is 4.09. The fourth-order valence-electron chi connectivity index (χ4n) is 4.09. The molecule has 0 unspecified atom stereocenters. The zero-order chi connectivity index (χ0) is 22.7. The second-order valence-corrected chi connectivity index (χ2v) is 7.89. The summed E-state index contributed by atoms with van der Waals surface area (Å²) in [5.41, 5.74) is -0.244. The quantitative estimate of drug-likeness (QED) is 0.443. The number of nitrogens with zero attached hydrogens (tertiary/aromatic N) is 2. The Hall–Kier alpha value is -4.26. The monoisotopic (exact) mass is 426 g/mol. The summed E-state index contributed by atoms with van der Waals surface area (Å²) in [6.07, 6.45) is 0. The summed E-state index contributed by atoms with van der Waals surface area (Å²) in [5.74, 6) is 1.22. The van der Waals surface area contributed by atoms with Gasteiger partial charge in [-0.1, -0.05) is 17.7 Å². The molecule has 0 N–H and O–H groups in total. The third-order valence-corrected chi connectivity index (χ3v) is 5.76. The van der Waals surface area contributed by atoms with Gasteiger partial charge in [0.05, 0.1) is 27.2 Å². The molecule has 3 aromatic carbocycles. The second-order valence-electron chi connectivity index (χ2n) is 7.89. The van der Waals surface area contributed by atoms with E-state index in [0.717, 1.165) is 14.7 Å². The SMILES string of the molecule is Cc1ccc(Oc2ccc(-n3c(=O)c4c(C)cc5c(=O)n(C)c(=O)c5c4c3=O)cc2)cc1. The van der Waals surface area contributed by atoms with Crippen LogP contribution in [0.3, 0.4) is 0 Å². The van der Waals surface area contributed by atoms with Crippen LogP contribution in [0.1, 0.15) is 11.1 Å². The number of aryl methyl sites for hydroxylation is 2. The van der Waals surface area contributed by atoms with Crippen molar-refractivity contribution in [3.05, 3.63) is 107 Å². The van der Waals surface area contributed by atoms with Crippen LogP contribution in [0.5, 0.6) is 11.5 Å². The number of aromatic nitrogens is 2. The molecule has 2 aromatic heterocycles. The highest BCUT2D eigenvalue weighted by molar-refractivity contribution is 6.08. The van der Waals surface area contributed by atoms with Crippen molar-refractivity contribution in [1.29, 1.82) is 0 Å². The first-order valence-electron chi connectivity index (χ1n) is 10.0. The molecule has 7 nitrogen and oxygen atoms in total. The van der Waals surface area contributed by atoms with Crippen LogP contribution in [0, 0.1) is 13.8 Å². The second kappa shape index (κ2) is 6.88. The van der Waals surface area contributed by atoms with Gasteiger partial charge in [-0.25, -0.2) is 4.57 Å². The fraction of sp³-hybridized carbons (Fsp3) is 0.120. The summed E-state index contributed by atoms with van der Waals surface area (Å²) in [6.45, 7) is 3.64. The van der Waals surface area contributed by atoms with E-state index in [1.165, 1.54) is 13.1 Å². The average molecular weight is 426 g/mol. The number of hydrogen-bond acceptors (Lipinski definition) is 5. The number of fused-ring (bicyclic) bond motifs is 3. The number of hydrogen-bond donors (Lipinski definition) is 0. The molecule has 7 heteroatoms. The van der Waals surface area contributed by atoms with Crippen LogP contribution in [0.25, 0.3) is 27.2 Å². The Morgan fingerprint density at radius 2 is 1.22 bits per heavy atom. The zero-order valence-electron chi connectivity index (χ0n) is 17.6. The van der Waals surface area contributed by atoms with Gasteiger partial charge in [0.2, 0.25) is 0 Å². The van der Waals surface area contributed by atoms with Crippen molar-refractivity contribution in [1.82, 2.24) is 9.13 Å². The van der Waals surface area contributed by atoms with Gasteiger partial charge >= 0.3 is 0 Å². The molecule has 0 amide bonds. The van der Waals surface area contributed by atoms with E-state index in [9.17, 15) is 19.2 Å². The molecule has 0 saturated heterocycles. The van der Waals surface area contributed by atoms with Gasteiger partial charge in [-0.05, 0) is 61.9 Å². The molecule has 0 atom stereocenters. The summed E-state index contributed by atoms with van der Waals surface area (Å²) in [7, 11) is 1.36. The van der Waals surface area contributed by atoms with Crippen molar-refractivity contribution < 1.29 is 4.74 Å². The first-order chi connectivity index (χ1) is 15.3. The van der Waals surface area contributed by atoms with E-state index >= 15 is 0 Å². The Kier molecular flexibility index (Phi) is 4.23. The normalized spacial score (nSPS) is 11.5. The molecule has 0 radical (unpaired) electrons. The number of rotatable bonds is 3. The standard InChI is InChI=1S/C25H18N2O5/c1-13-4-8-16(9-5-13)32-17-10-6-15(7-11-17)27-24(30)19-14(2)12-18-20(21(19)25(27)31)23(29)26(3)22(18)28/h4-12H,1-3H3. The maximum atomic E-state index is 13.3. The molecule has 2 heterocycles. The van der Waals surface area contributed by atoms with Gasteiger partial charge in [0.15, 0.2) is 0 Å². The van der Waals surface area contributed by atoms with E-state index in [1.807, 2.05) is 31.2 Å². The van der Waals surface area contributed by atoms with Gasteiger partial charge in [-0.2, -0.15) is 0 Å². The summed E-state index contributed by atoms with van der Waals surface area (Å²) in [5, 5.41) is 0.301. The van der Waals surface area contributed by atoms with Crippen LogP contribution in [-0.2, 0) is 7.05 Å². The zero-order valence-corrected chi connectivity index (χ0v) is 17.6. The van der Waals surface area contributed by atoms with Crippen LogP contribution < -0.4 is 27.0 Å². The van der Waals surface area contributed by atoms with Crippen molar-refractivity contribution in [2.45, 2.75) is 13.8 Å². The van der Waals surface area contributed by atoms with Gasteiger partial charge in [0.25, 0.3) is 22.2 Å². The lowest BCUT2D eigenvalue weighted by molar-refractivity contribution is 0.482. The third kappa shape index (κ3) is 2.75. The van der Waals surface area contributed by atoms with E-state index < -0.39 is 22.2 Å². The molecule has 32 heavy (non-hydrogen) atoms. The maximum Gasteiger partial charge on any atom is 0.266 e.